The first-order valence-electron chi connectivity index (χ1n) is 7.19. The van der Waals surface area contributed by atoms with E-state index in [4.69, 9.17) is 0 Å². The summed E-state index contributed by atoms with van der Waals surface area (Å²) in [5.41, 5.74) is 2.51. The van der Waals surface area contributed by atoms with Crippen molar-refractivity contribution in [3.8, 4) is 5.69 Å². The topological polar surface area (TPSA) is 46.9 Å². The smallest absolute Gasteiger partial charge is 0.251 e. The second kappa shape index (κ2) is 6.26. The van der Waals surface area contributed by atoms with Crippen molar-refractivity contribution < 1.29 is 4.79 Å². The molecule has 0 fully saturated rings. The van der Waals surface area contributed by atoms with E-state index in [-0.39, 0.29) is 11.9 Å². The molecule has 2 aromatic heterocycles. The molecule has 0 bridgehead atoms. The highest BCUT2D eigenvalue weighted by atomic mass is 16.1. The molecule has 1 aromatic carbocycles. The lowest BCUT2D eigenvalue weighted by atomic mass is 10.1. The highest BCUT2D eigenvalue weighted by Crippen LogP contribution is 2.12. The zero-order valence-electron chi connectivity index (χ0n) is 12.3. The Bertz CT molecular complexity index is 734. The van der Waals surface area contributed by atoms with E-state index in [1.165, 1.54) is 0 Å². The van der Waals surface area contributed by atoms with Gasteiger partial charge in [-0.25, -0.2) is 0 Å². The van der Waals surface area contributed by atoms with Gasteiger partial charge in [-0.2, -0.15) is 0 Å². The molecule has 0 saturated carbocycles. The number of nitrogens with one attached hydrogen (secondary N) is 1. The van der Waals surface area contributed by atoms with Crippen molar-refractivity contribution in [2.24, 2.45) is 0 Å². The van der Waals surface area contributed by atoms with E-state index < -0.39 is 0 Å². The molecule has 110 valence electrons. The molecule has 0 aliphatic carbocycles. The molecule has 3 rings (SSSR count). The molecule has 4 nitrogen and oxygen atoms in total. The van der Waals surface area contributed by atoms with Crippen LogP contribution in [0.1, 0.15) is 29.0 Å². The van der Waals surface area contributed by atoms with Crippen LogP contribution >= 0.6 is 0 Å². The van der Waals surface area contributed by atoms with Gasteiger partial charge >= 0.3 is 0 Å². The molecule has 0 saturated heterocycles. The van der Waals surface area contributed by atoms with Crippen LogP contribution in [0.25, 0.3) is 5.69 Å². The van der Waals surface area contributed by atoms with Crippen molar-refractivity contribution in [3.05, 3.63) is 84.4 Å². The minimum Gasteiger partial charge on any atom is -0.344 e. The van der Waals surface area contributed by atoms with Crippen LogP contribution < -0.4 is 5.32 Å². The van der Waals surface area contributed by atoms with E-state index in [1.54, 1.807) is 6.20 Å². The van der Waals surface area contributed by atoms with Crippen molar-refractivity contribution in [1.82, 2.24) is 14.9 Å². The van der Waals surface area contributed by atoms with Crippen molar-refractivity contribution in [3.63, 3.8) is 0 Å². The van der Waals surface area contributed by atoms with Gasteiger partial charge < -0.3 is 9.88 Å². The van der Waals surface area contributed by atoms with Crippen LogP contribution in [0, 0.1) is 0 Å². The van der Waals surface area contributed by atoms with Gasteiger partial charge in [0.15, 0.2) is 0 Å². The molecule has 0 aliphatic heterocycles. The lowest BCUT2D eigenvalue weighted by molar-refractivity contribution is 0.0939. The first-order chi connectivity index (χ1) is 10.7. The average molecular weight is 291 g/mol. The monoisotopic (exact) mass is 291 g/mol. The molecule has 22 heavy (non-hydrogen) atoms. The maximum atomic E-state index is 12.3. The van der Waals surface area contributed by atoms with Crippen LogP contribution in [0.2, 0.25) is 0 Å². The Morgan fingerprint density at radius 1 is 1.05 bits per heavy atom. The molecule has 0 aliphatic rings. The molecule has 4 heteroatoms. The summed E-state index contributed by atoms with van der Waals surface area (Å²) >= 11 is 0. The summed E-state index contributed by atoms with van der Waals surface area (Å²) in [4.78, 5) is 16.5. The zero-order valence-corrected chi connectivity index (χ0v) is 12.3. The number of carbonyl (C=O) groups excluding carboxylic acids is 1. The van der Waals surface area contributed by atoms with Crippen LogP contribution in [0.15, 0.2) is 73.2 Å². The fourth-order valence-electron chi connectivity index (χ4n) is 2.28. The van der Waals surface area contributed by atoms with Crippen LogP contribution in [-0.2, 0) is 0 Å². The van der Waals surface area contributed by atoms with Crippen molar-refractivity contribution in [2.75, 3.05) is 0 Å². The summed E-state index contributed by atoms with van der Waals surface area (Å²) < 4.78 is 2.00. The molecule has 0 spiro atoms. The highest BCUT2D eigenvalue weighted by Gasteiger charge is 2.12. The summed E-state index contributed by atoms with van der Waals surface area (Å²) in [6.07, 6.45) is 5.67. The quantitative estimate of drug-likeness (QED) is 0.801. The average Bonchev–Trinajstić information content (AvgIpc) is 3.10. The predicted octanol–water partition coefficient (Wildman–Crippen LogP) is 3.36. The van der Waals surface area contributed by atoms with Gasteiger partial charge in [0, 0.05) is 29.8 Å². The second-order valence-corrected chi connectivity index (χ2v) is 5.09. The van der Waals surface area contributed by atoms with Gasteiger partial charge in [-0.15, -0.1) is 0 Å². The van der Waals surface area contributed by atoms with Gasteiger partial charge in [0.25, 0.3) is 5.91 Å². The third kappa shape index (κ3) is 3.06. The van der Waals surface area contributed by atoms with Crippen LogP contribution in [0.3, 0.4) is 0 Å². The van der Waals surface area contributed by atoms with Crippen molar-refractivity contribution in [2.45, 2.75) is 13.0 Å². The Balaban J connectivity index is 1.70. The second-order valence-electron chi connectivity index (χ2n) is 5.09. The van der Waals surface area contributed by atoms with Crippen LogP contribution in [0.4, 0.5) is 0 Å². The number of rotatable bonds is 4. The van der Waals surface area contributed by atoms with Gasteiger partial charge in [0.05, 0.1) is 11.7 Å². The molecular formula is C18H17N3O. The number of carbonyl (C=O) groups is 1. The van der Waals surface area contributed by atoms with Crippen molar-refractivity contribution >= 4 is 5.91 Å². The van der Waals surface area contributed by atoms with Gasteiger partial charge in [-0.3, -0.25) is 9.78 Å². The molecule has 1 amide bonds. The fourth-order valence-corrected chi connectivity index (χ4v) is 2.28. The Morgan fingerprint density at radius 3 is 2.41 bits per heavy atom. The molecule has 1 atom stereocenters. The molecule has 0 unspecified atom stereocenters. The molecule has 3 aromatic rings. The maximum Gasteiger partial charge on any atom is 0.251 e. The first-order valence-corrected chi connectivity index (χ1v) is 7.19. The molecule has 0 radical (unpaired) electrons. The number of amides is 1. The summed E-state index contributed by atoms with van der Waals surface area (Å²) in [5.74, 6) is -0.0998. The van der Waals surface area contributed by atoms with E-state index in [2.05, 4.69) is 10.3 Å². The number of nitrogens with zero attached hydrogens (tertiary/aromatic N) is 2. The normalized spacial score (nSPS) is 11.9. The van der Waals surface area contributed by atoms with Crippen LogP contribution in [0.5, 0.6) is 0 Å². The van der Waals surface area contributed by atoms with E-state index in [1.807, 2.05) is 78.5 Å². The summed E-state index contributed by atoms with van der Waals surface area (Å²) in [6, 6.07) is 17.0. The van der Waals surface area contributed by atoms with E-state index >= 15 is 0 Å². The number of pyridine rings is 1. The van der Waals surface area contributed by atoms with Gasteiger partial charge in [-0.1, -0.05) is 6.07 Å². The summed E-state index contributed by atoms with van der Waals surface area (Å²) in [5, 5.41) is 2.96. The number of aromatic nitrogens is 2. The Hall–Kier alpha value is -2.88. The zero-order chi connectivity index (χ0) is 15.4. The highest BCUT2D eigenvalue weighted by molar-refractivity contribution is 5.94. The van der Waals surface area contributed by atoms with Gasteiger partial charge in [-0.05, 0) is 55.5 Å². The molecular weight excluding hydrogens is 274 g/mol. The van der Waals surface area contributed by atoms with Gasteiger partial charge in [0.2, 0.25) is 0 Å². The van der Waals surface area contributed by atoms with Gasteiger partial charge in [0.1, 0.15) is 0 Å². The van der Waals surface area contributed by atoms with Crippen LogP contribution in [-0.4, -0.2) is 15.5 Å². The minimum absolute atomic E-state index is 0.0998. The Labute approximate surface area is 129 Å². The number of hydrogen-bond donors (Lipinski definition) is 1. The third-order valence-corrected chi connectivity index (χ3v) is 3.51. The van der Waals surface area contributed by atoms with E-state index in [0.29, 0.717) is 5.56 Å². The van der Waals surface area contributed by atoms with Crippen molar-refractivity contribution in [1.29, 1.82) is 0 Å². The van der Waals surface area contributed by atoms with E-state index in [0.717, 1.165) is 11.4 Å². The lowest BCUT2D eigenvalue weighted by Gasteiger charge is -2.13. The standard InChI is InChI=1S/C18H17N3O/c1-14(17-6-2-3-11-19-17)20-18(22)15-7-9-16(10-8-15)21-12-4-5-13-21/h2-14H,1H3,(H,20,22)/t14-/m1/s1. The SMILES string of the molecule is C[C@@H](NC(=O)c1ccc(-n2cccc2)cc1)c1ccccn1. The summed E-state index contributed by atoms with van der Waals surface area (Å²) in [7, 11) is 0. The minimum atomic E-state index is -0.127. The molecule has 2 heterocycles. The largest absolute Gasteiger partial charge is 0.344 e. The number of benzene rings is 1. The fraction of sp³-hybridized carbons (Fsp3) is 0.111. The molecule has 1 N–H and O–H groups in total. The maximum absolute atomic E-state index is 12.3. The Morgan fingerprint density at radius 2 is 1.77 bits per heavy atom. The third-order valence-electron chi connectivity index (χ3n) is 3.51. The first kappa shape index (κ1) is 14.1. The Kier molecular flexibility index (Phi) is 4.01. The number of hydrogen-bond acceptors (Lipinski definition) is 2. The van der Waals surface area contributed by atoms with E-state index in [9.17, 15) is 4.79 Å². The predicted molar refractivity (Wildman–Crippen MR) is 85.9 cm³/mol. The summed E-state index contributed by atoms with van der Waals surface area (Å²) in [6.45, 7) is 1.93. The lowest BCUT2D eigenvalue weighted by Crippen LogP contribution is -2.27.